The van der Waals surface area contributed by atoms with Crippen LogP contribution in [-0.4, -0.2) is 42.6 Å². The van der Waals surface area contributed by atoms with Crippen molar-refractivity contribution in [1.82, 2.24) is 25.0 Å². The van der Waals surface area contributed by atoms with Gasteiger partial charge in [-0.05, 0) is 29.2 Å². The summed E-state index contributed by atoms with van der Waals surface area (Å²) in [5.41, 5.74) is 1.63. The van der Waals surface area contributed by atoms with Crippen LogP contribution in [0.15, 0.2) is 48.9 Å². The molecule has 2 aromatic carbocycles. The average molecular weight is 515 g/mol. The van der Waals surface area contributed by atoms with Gasteiger partial charge in [-0.25, -0.2) is 14.6 Å². The zero-order valence-corrected chi connectivity index (χ0v) is 20.9. The van der Waals surface area contributed by atoms with Gasteiger partial charge in [-0.3, -0.25) is 4.79 Å². The fourth-order valence-corrected chi connectivity index (χ4v) is 3.89. The number of aliphatic carboxylic acids is 1. The summed E-state index contributed by atoms with van der Waals surface area (Å²) >= 11 is 13.1. The third-order valence-electron chi connectivity index (χ3n) is 4.98. The van der Waals surface area contributed by atoms with Crippen LogP contribution in [0.4, 0.5) is 11.5 Å². The maximum Gasteiger partial charge on any atom is 0.325 e. The summed E-state index contributed by atoms with van der Waals surface area (Å²) in [5, 5.41) is 25.0. The van der Waals surface area contributed by atoms with Crippen molar-refractivity contribution < 1.29 is 11.3 Å². The molecule has 1 unspecified atom stereocenters. The Balaban J connectivity index is 1.81. The van der Waals surface area contributed by atoms with E-state index in [1.807, 2.05) is 0 Å². The molecule has 4 rings (SSSR count). The van der Waals surface area contributed by atoms with Crippen LogP contribution in [0.3, 0.4) is 0 Å². The fraction of sp³-hybridized carbons (Fsp3) is 0.292. The number of hydrogen-bond acceptors (Lipinski definition) is 7. The summed E-state index contributed by atoms with van der Waals surface area (Å²) in [4.78, 5) is 19.9. The molecule has 1 atom stereocenters. The first-order chi connectivity index (χ1) is 17.0. The zero-order chi connectivity index (χ0) is 26.1. The van der Waals surface area contributed by atoms with E-state index < -0.39 is 18.5 Å². The van der Waals surface area contributed by atoms with Gasteiger partial charge < -0.3 is 15.7 Å². The topological polar surface area (TPSA) is 118 Å². The Kier molecular flexibility index (Phi) is 6.70. The Morgan fingerprint density at radius 3 is 2.69 bits per heavy atom. The number of anilines is 2. The maximum atomic E-state index is 11.1. The first-order valence-electron chi connectivity index (χ1n) is 11.3. The van der Waals surface area contributed by atoms with Crippen molar-refractivity contribution in [1.29, 1.82) is 0 Å². The number of carboxylic acids is 1. The molecular weight excluding hydrogens is 489 g/mol. The van der Waals surface area contributed by atoms with E-state index >= 15 is 0 Å². The highest BCUT2D eigenvalue weighted by Crippen LogP contribution is 2.35. The van der Waals surface area contributed by atoms with Gasteiger partial charge in [0.05, 0.1) is 24.1 Å². The second-order valence-electron chi connectivity index (χ2n) is 9.17. The van der Waals surface area contributed by atoms with E-state index in [-0.39, 0.29) is 11.1 Å². The minimum atomic E-state index is -1.72. The highest BCUT2D eigenvalue weighted by molar-refractivity contribution is 6.35. The van der Waals surface area contributed by atoms with Gasteiger partial charge in [0.2, 0.25) is 0 Å². The molecule has 0 aliphatic heterocycles. The summed E-state index contributed by atoms with van der Waals surface area (Å²) in [6.45, 7) is 6.60. The van der Waals surface area contributed by atoms with Gasteiger partial charge in [-0.1, -0.05) is 67.4 Å². The van der Waals surface area contributed by atoms with Crippen molar-refractivity contribution >= 4 is 51.6 Å². The van der Waals surface area contributed by atoms with Crippen LogP contribution in [-0.2, 0) is 11.3 Å². The van der Waals surface area contributed by atoms with Crippen molar-refractivity contribution in [2.24, 2.45) is 5.41 Å². The van der Waals surface area contributed by atoms with Crippen LogP contribution in [0.2, 0.25) is 10.0 Å². The summed E-state index contributed by atoms with van der Waals surface area (Å²) in [6.07, 6.45) is 2.85. The number of carbonyl (C=O) groups is 1. The van der Waals surface area contributed by atoms with Gasteiger partial charge in [0.15, 0.2) is 0 Å². The van der Waals surface area contributed by atoms with Crippen molar-refractivity contribution in [3.05, 3.63) is 70.2 Å². The lowest BCUT2D eigenvalue weighted by atomic mass is 9.97. The monoisotopic (exact) mass is 514 g/mol. The Morgan fingerprint density at radius 1 is 1.20 bits per heavy atom. The van der Waals surface area contributed by atoms with E-state index in [1.54, 1.807) is 36.4 Å². The second-order valence-corrected chi connectivity index (χ2v) is 9.98. The summed E-state index contributed by atoms with van der Waals surface area (Å²) in [6, 6.07) is 8.61. The first-order valence-corrected chi connectivity index (χ1v) is 11.6. The molecule has 3 N–H and O–H groups in total. The molecule has 11 heteroatoms. The molecular formula is C24H25Cl2N7O2. The maximum absolute atomic E-state index is 11.1. The number of nitrogens with zero attached hydrogens (tertiary/aromatic N) is 5. The highest BCUT2D eigenvalue weighted by Gasteiger charge is 2.22. The summed E-state index contributed by atoms with van der Waals surface area (Å²) in [5.74, 6) is -0.467. The lowest BCUT2D eigenvalue weighted by Crippen LogP contribution is -2.19. The van der Waals surface area contributed by atoms with Gasteiger partial charge in [0.25, 0.3) is 0 Å². The molecule has 182 valence electrons. The molecule has 0 saturated carbocycles. The summed E-state index contributed by atoms with van der Waals surface area (Å²) < 4.78 is 10.6. The number of hydrogen-bond donors (Lipinski definition) is 3. The predicted molar refractivity (Wildman–Crippen MR) is 137 cm³/mol. The lowest BCUT2D eigenvalue weighted by Gasteiger charge is -2.21. The van der Waals surface area contributed by atoms with E-state index in [2.05, 4.69) is 51.7 Å². The van der Waals surface area contributed by atoms with Gasteiger partial charge in [-0.2, -0.15) is 0 Å². The van der Waals surface area contributed by atoms with Gasteiger partial charge in [-0.15, -0.1) is 5.10 Å². The Labute approximate surface area is 213 Å². The average Bonchev–Trinajstić information content (AvgIpc) is 3.26. The normalized spacial score (nSPS) is 13.8. The van der Waals surface area contributed by atoms with E-state index in [1.165, 1.54) is 12.5 Å². The minimum Gasteiger partial charge on any atom is -0.480 e. The van der Waals surface area contributed by atoms with Gasteiger partial charge in [0.1, 0.15) is 24.4 Å². The number of rotatable bonds is 8. The number of fused-ring (bicyclic) bond motifs is 1. The van der Waals surface area contributed by atoms with Crippen LogP contribution >= 0.6 is 23.2 Å². The Hall–Kier alpha value is -3.43. The number of halogens is 2. The molecule has 0 amide bonds. The number of carboxylic acid groups (broad SMARTS) is 1. The molecule has 0 saturated heterocycles. The molecule has 2 aromatic heterocycles. The van der Waals surface area contributed by atoms with Crippen LogP contribution in [0.25, 0.3) is 10.9 Å². The first kappa shape index (κ1) is 23.3. The highest BCUT2D eigenvalue weighted by atomic mass is 35.5. The molecule has 0 radical (unpaired) electrons. The van der Waals surface area contributed by atoms with Crippen molar-refractivity contribution in [3.8, 4) is 0 Å². The largest absolute Gasteiger partial charge is 0.480 e. The van der Waals surface area contributed by atoms with E-state index in [0.717, 1.165) is 4.68 Å². The number of benzene rings is 2. The predicted octanol–water partition coefficient (Wildman–Crippen LogP) is 5.27. The lowest BCUT2D eigenvalue weighted by molar-refractivity contribution is -0.137. The van der Waals surface area contributed by atoms with Crippen LogP contribution in [0.1, 0.15) is 39.4 Å². The molecule has 4 aromatic rings. The quantitative estimate of drug-likeness (QED) is 0.291. The third-order valence-corrected chi connectivity index (χ3v) is 5.60. The molecule has 0 fully saturated rings. The molecule has 0 aliphatic carbocycles. The van der Waals surface area contributed by atoms with Crippen molar-refractivity contribution in [2.75, 3.05) is 17.2 Å². The molecule has 9 nitrogen and oxygen atoms in total. The Bertz CT molecular complexity index is 1420. The molecule has 2 heterocycles. The summed E-state index contributed by atoms with van der Waals surface area (Å²) in [7, 11) is 0. The fourth-order valence-electron chi connectivity index (χ4n) is 3.39. The molecule has 35 heavy (non-hydrogen) atoms. The van der Waals surface area contributed by atoms with E-state index in [4.69, 9.17) is 28.3 Å². The smallest absolute Gasteiger partial charge is 0.325 e. The molecule has 0 spiro atoms. The minimum absolute atomic E-state index is 0.0130. The van der Waals surface area contributed by atoms with Crippen LogP contribution < -0.4 is 10.6 Å². The van der Waals surface area contributed by atoms with Crippen molar-refractivity contribution in [2.45, 2.75) is 33.3 Å². The van der Waals surface area contributed by atoms with Gasteiger partial charge >= 0.3 is 5.97 Å². The third kappa shape index (κ3) is 5.98. The van der Waals surface area contributed by atoms with Crippen LogP contribution in [0.5, 0.6) is 0 Å². The van der Waals surface area contributed by atoms with Crippen LogP contribution in [0, 0.1) is 5.41 Å². The number of aromatic nitrogens is 5. The SMILES string of the molecule is [2H]C(Nc1cc(Cl)c2ncnc(NCC(C)(C)C)c2c1)(c1cn(CC(=O)O)nn1)c1ccccc1Cl. The van der Waals surface area contributed by atoms with Crippen molar-refractivity contribution in [3.63, 3.8) is 0 Å². The zero-order valence-electron chi connectivity index (χ0n) is 20.4. The van der Waals surface area contributed by atoms with E-state index in [0.29, 0.717) is 44.6 Å². The van der Waals surface area contributed by atoms with E-state index in [9.17, 15) is 6.17 Å². The second kappa shape index (κ2) is 10.1. The molecule has 0 bridgehead atoms. The molecule has 0 aliphatic rings. The number of nitrogens with one attached hydrogen (secondary N) is 2. The van der Waals surface area contributed by atoms with Gasteiger partial charge in [0, 0.05) is 22.6 Å². The standard InChI is InChI=1S/C24H25Cl2N7O2/c1-24(2,3)12-27-23-16-8-14(9-18(26)21(16)28-13-29-23)30-22(15-6-4-5-7-17(15)25)19-10-33(32-31-19)11-20(34)35/h4-10,13,22,30H,11-12H2,1-3H3,(H,34,35)(H,27,28,29)/i22D. The Morgan fingerprint density at radius 2 is 1.97 bits per heavy atom.